The van der Waals surface area contributed by atoms with Gasteiger partial charge < -0.3 is 19.9 Å². The summed E-state index contributed by atoms with van der Waals surface area (Å²) in [6.07, 6.45) is 1.54. The molecule has 0 aliphatic carbocycles. The van der Waals surface area contributed by atoms with Crippen LogP contribution in [0.1, 0.15) is 36.3 Å². The van der Waals surface area contributed by atoms with Crippen LogP contribution in [0.25, 0.3) is 11.1 Å². The molecule has 1 saturated heterocycles. The third kappa shape index (κ3) is 5.34. The van der Waals surface area contributed by atoms with Crippen LogP contribution >= 0.6 is 0 Å². The zero-order chi connectivity index (χ0) is 22.3. The van der Waals surface area contributed by atoms with Crippen LogP contribution in [-0.2, 0) is 11.2 Å². The van der Waals surface area contributed by atoms with E-state index in [9.17, 15) is 4.39 Å². The lowest BCUT2D eigenvalue weighted by Crippen LogP contribution is -2.44. The molecule has 4 rings (SSSR count). The number of aliphatic imine (C=N–C) groups is 1. The summed E-state index contributed by atoms with van der Waals surface area (Å²) in [6.45, 7) is 5.58. The molecule has 0 spiro atoms. The number of ether oxygens (including phenoxy) is 1. The fourth-order valence-corrected chi connectivity index (χ4v) is 3.81. The molecular weight excluding hydrogens is 407 g/mol. The maximum Gasteiger partial charge on any atom is 0.191 e. The first-order valence-electron chi connectivity index (χ1n) is 11.0. The van der Waals surface area contributed by atoms with Gasteiger partial charge in [-0.1, -0.05) is 54.5 Å². The van der Waals surface area contributed by atoms with Gasteiger partial charge in [-0.2, -0.15) is 0 Å². The second-order valence-corrected chi connectivity index (χ2v) is 7.99. The van der Waals surface area contributed by atoms with Crippen molar-refractivity contribution >= 4 is 5.96 Å². The van der Waals surface area contributed by atoms with Crippen LogP contribution in [0.5, 0.6) is 0 Å². The van der Waals surface area contributed by atoms with Gasteiger partial charge in [-0.15, -0.1) is 0 Å². The normalized spacial score (nSPS) is 15.7. The lowest BCUT2D eigenvalue weighted by molar-refractivity contribution is 0.0674. The molecule has 1 aliphatic rings. The van der Waals surface area contributed by atoms with E-state index in [1.807, 2.05) is 60.4 Å². The Balaban J connectivity index is 1.33. The number of nitrogens with two attached hydrogens (primary N) is 1. The molecule has 2 heterocycles. The molecule has 0 radical (unpaired) electrons. The molecule has 0 amide bonds. The quantitative estimate of drug-likeness (QED) is 0.341. The van der Waals surface area contributed by atoms with Crippen LogP contribution in [-0.4, -0.2) is 48.9 Å². The van der Waals surface area contributed by atoms with Crippen molar-refractivity contribution in [3.8, 4) is 11.1 Å². The van der Waals surface area contributed by atoms with Gasteiger partial charge in [-0.25, -0.2) is 4.39 Å². The predicted molar refractivity (Wildman–Crippen MR) is 123 cm³/mol. The Labute approximate surface area is 187 Å². The van der Waals surface area contributed by atoms with Gasteiger partial charge in [0.25, 0.3) is 0 Å². The minimum atomic E-state index is -0.236. The van der Waals surface area contributed by atoms with Gasteiger partial charge in [-0.05, 0) is 23.6 Å². The number of morpholine rings is 1. The van der Waals surface area contributed by atoms with Crippen molar-refractivity contribution in [1.82, 2.24) is 10.1 Å². The summed E-state index contributed by atoms with van der Waals surface area (Å²) in [5.74, 6) is 1.07. The van der Waals surface area contributed by atoms with E-state index in [4.69, 9.17) is 15.0 Å². The van der Waals surface area contributed by atoms with Crippen molar-refractivity contribution in [3.05, 3.63) is 77.4 Å². The molecule has 1 aliphatic heterocycles. The summed E-state index contributed by atoms with van der Waals surface area (Å²) in [7, 11) is 0. The molecule has 0 saturated carbocycles. The molecule has 168 valence electrons. The Kier molecular flexibility index (Phi) is 7.17. The minimum Gasteiger partial charge on any atom is -0.378 e. The van der Waals surface area contributed by atoms with E-state index in [1.165, 1.54) is 0 Å². The van der Waals surface area contributed by atoms with Crippen LogP contribution in [0.2, 0.25) is 0 Å². The first kappa shape index (κ1) is 22.0. The lowest BCUT2D eigenvalue weighted by Gasteiger charge is -2.27. The van der Waals surface area contributed by atoms with E-state index in [0.717, 1.165) is 48.5 Å². The molecule has 3 aromatic rings. The van der Waals surface area contributed by atoms with E-state index in [1.54, 1.807) is 6.07 Å². The smallest absolute Gasteiger partial charge is 0.191 e. The topological polar surface area (TPSA) is 76.9 Å². The molecule has 2 N–H and O–H groups in total. The number of rotatable bonds is 7. The van der Waals surface area contributed by atoms with Crippen molar-refractivity contribution in [3.63, 3.8) is 0 Å². The van der Waals surface area contributed by atoms with Crippen LogP contribution in [0.4, 0.5) is 4.39 Å². The maximum absolute atomic E-state index is 14.7. The van der Waals surface area contributed by atoms with Crippen molar-refractivity contribution < 1.29 is 13.7 Å². The Hall–Kier alpha value is -3.19. The van der Waals surface area contributed by atoms with Gasteiger partial charge in [0.1, 0.15) is 11.6 Å². The fourth-order valence-electron chi connectivity index (χ4n) is 3.81. The molecule has 7 heteroatoms. The molecule has 1 fully saturated rings. The third-order valence-corrected chi connectivity index (χ3v) is 5.79. The van der Waals surface area contributed by atoms with Crippen molar-refractivity contribution in [2.45, 2.75) is 25.7 Å². The molecule has 1 aromatic heterocycles. The second kappa shape index (κ2) is 10.4. The SMILES string of the molecule is CC(c1ccc(-c2ccccc2)c(F)c1)c1cc(CCC/N=C(/N)N2CCOCC2)on1. The van der Waals surface area contributed by atoms with Gasteiger partial charge in [0.2, 0.25) is 0 Å². The number of halogens is 1. The zero-order valence-electron chi connectivity index (χ0n) is 18.3. The monoisotopic (exact) mass is 436 g/mol. The van der Waals surface area contributed by atoms with Gasteiger partial charge in [-0.3, -0.25) is 4.99 Å². The second-order valence-electron chi connectivity index (χ2n) is 7.99. The van der Waals surface area contributed by atoms with Crippen molar-refractivity contribution in [2.24, 2.45) is 10.7 Å². The zero-order valence-corrected chi connectivity index (χ0v) is 18.3. The molecule has 6 nitrogen and oxygen atoms in total. The number of aryl methyl sites for hydroxylation is 1. The predicted octanol–water partition coefficient (Wildman–Crippen LogP) is 4.21. The summed E-state index contributed by atoms with van der Waals surface area (Å²) >= 11 is 0. The Morgan fingerprint density at radius 2 is 1.94 bits per heavy atom. The van der Waals surface area contributed by atoms with E-state index in [2.05, 4.69) is 10.1 Å². The summed E-state index contributed by atoms with van der Waals surface area (Å²) in [4.78, 5) is 6.50. The van der Waals surface area contributed by atoms with Crippen LogP contribution in [0, 0.1) is 5.82 Å². The van der Waals surface area contributed by atoms with Gasteiger partial charge in [0.15, 0.2) is 5.96 Å². The van der Waals surface area contributed by atoms with Gasteiger partial charge in [0.05, 0.1) is 18.9 Å². The lowest BCUT2D eigenvalue weighted by atomic mass is 9.94. The Morgan fingerprint density at radius 3 is 2.69 bits per heavy atom. The summed E-state index contributed by atoms with van der Waals surface area (Å²) in [5.41, 5.74) is 9.17. The standard InChI is InChI=1S/C25H29FN4O2/c1-18(20-9-10-22(23(26)16-20)19-6-3-2-4-7-19)24-17-21(32-29-24)8-5-11-28-25(27)30-12-14-31-15-13-30/h2-4,6-7,9-10,16-18H,5,8,11-15H2,1H3,(H2,27,28). The van der Waals surface area contributed by atoms with E-state index in [-0.39, 0.29) is 11.7 Å². The fraction of sp³-hybridized carbons (Fsp3) is 0.360. The number of hydrogen-bond acceptors (Lipinski definition) is 4. The molecular formula is C25H29FN4O2. The van der Waals surface area contributed by atoms with E-state index in [0.29, 0.717) is 31.3 Å². The minimum absolute atomic E-state index is 0.0678. The Bertz CT molecular complexity index is 1050. The maximum atomic E-state index is 14.7. The van der Waals surface area contributed by atoms with Gasteiger partial charge in [0, 0.05) is 43.6 Å². The number of benzene rings is 2. The highest BCUT2D eigenvalue weighted by atomic mass is 19.1. The molecule has 2 aromatic carbocycles. The highest BCUT2D eigenvalue weighted by Crippen LogP contribution is 2.29. The molecule has 1 atom stereocenters. The number of hydrogen-bond donors (Lipinski definition) is 1. The summed E-state index contributed by atoms with van der Waals surface area (Å²) in [5, 5.41) is 4.21. The average molecular weight is 437 g/mol. The summed E-state index contributed by atoms with van der Waals surface area (Å²) < 4.78 is 25.6. The van der Waals surface area contributed by atoms with Gasteiger partial charge >= 0.3 is 0 Å². The highest BCUT2D eigenvalue weighted by molar-refractivity contribution is 5.78. The number of aromatic nitrogens is 1. The highest BCUT2D eigenvalue weighted by Gasteiger charge is 2.16. The van der Waals surface area contributed by atoms with Crippen molar-refractivity contribution in [2.75, 3.05) is 32.8 Å². The average Bonchev–Trinajstić information content (AvgIpc) is 3.31. The molecule has 1 unspecified atom stereocenters. The first-order valence-corrected chi connectivity index (χ1v) is 11.0. The molecule has 0 bridgehead atoms. The van der Waals surface area contributed by atoms with Crippen LogP contribution in [0.3, 0.4) is 0 Å². The summed E-state index contributed by atoms with van der Waals surface area (Å²) in [6, 6.07) is 16.9. The van der Waals surface area contributed by atoms with Crippen LogP contribution in [0.15, 0.2) is 64.1 Å². The number of guanidine groups is 1. The van der Waals surface area contributed by atoms with Crippen LogP contribution < -0.4 is 5.73 Å². The largest absolute Gasteiger partial charge is 0.378 e. The van der Waals surface area contributed by atoms with E-state index >= 15 is 0 Å². The van der Waals surface area contributed by atoms with E-state index < -0.39 is 0 Å². The number of nitrogens with zero attached hydrogens (tertiary/aromatic N) is 3. The third-order valence-electron chi connectivity index (χ3n) is 5.79. The Morgan fingerprint density at radius 1 is 1.16 bits per heavy atom. The molecule has 32 heavy (non-hydrogen) atoms. The first-order chi connectivity index (χ1) is 15.6. The van der Waals surface area contributed by atoms with Crippen molar-refractivity contribution in [1.29, 1.82) is 0 Å².